The van der Waals surface area contributed by atoms with Gasteiger partial charge in [0.25, 0.3) is 0 Å². The fraction of sp³-hybridized carbons (Fsp3) is 0.600. The Bertz CT molecular complexity index is 436. The van der Waals surface area contributed by atoms with Crippen LogP contribution in [0.1, 0.15) is 31.2 Å². The van der Waals surface area contributed by atoms with E-state index in [1.54, 1.807) is 13.2 Å². The zero-order valence-electron chi connectivity index (χ0n) is 10.9. The maximum atomic E-state index is 9.71. The van der Waals surface area contributed by atoms with Crippen molar-refractivity contribution < 1.29 is 9.84 Å². The molecule has 0 amide bonds. The number of nitrogens with one attached hydrogen (secondary N) is 1. The maximum Gasteiger partial charge on any atom is 0.160 e. The van der Waals surface area contributed by atoms with Crippen molar-refractivity contribution in [3.8, 4) is 11.5 Å². The van der Waals surface area contributed by atoms with Gasteiger partial charge in [-0.1, -0.05) is 6.07 Å². The summed E-state index contributed by atoms with van der Waals surface area (Å²) in [6.07, 6.45) is 5.67. The average Bonchev–Trinajstić information content (AvgIpc) is 3.23. The Morgan fingerprint density at radius 1 is 1.39 bits per heavy atom. The normalized spacial score (nSPS) is 20.7. The second-order valence-electron chi connectivity index (χ2n) is 5.75. The number of phenolic OH excluding ortho intramolecular Hbond substituents is 1. The van der Waals surface area contributed by atoms with Gasteiger partial charge in [0.15, 0.2) is 11.5 Å². The zero-order valence-corrected chi connectivity index (χ0v) is 10.9. The third-order valence-electron chi connectivity index (χ3n) is 4.39. The third-order valence-corrected chi connectivity index (χ3v) is 4.39. The fourth-order valence-electron chi connectivity index (χ4n) is 2.89. The summed E-state index contributed by atoms with van der Waals surface area (Å²) in [4.78, 5) is 0. The van der Waals surface area contributed by atoms with Crippen LogP contribution in [-0.2, 0) is 6.54 Å². The summed E-state index contributed by atoms with van der Waals surface area (Å²) in [6.45, 7) is 1.95. The van der Waals surface area contributed by atoms with Crippen molar-refractivity contribution in [2.45, 2.75) is 32.2 Å². The number of benzene rings is 1. The van der Waals surface area contributed by atoms with Crippen molar-refractivity contribution in [3.63, 3.8) is 0 Å². The molecule has 0 bridgehead atoms. The van der Waals surface area contributed by atoms with E-state index in [1.807, 2.05) is 12.1 Å². The summed E-state index contributed by atoms with van der Waals surface area (Å²) in [5.74, 6) is 1.75. The minimum Gasteiger partial charge on any atom is -0.504 e. The Morgan fingerprint density at radius 3 is 2.72 bits per heavy atom. The van der Waals surface area contributed by atoms with Gasteiger partial charge in [-0.3, -0.25) is 0 Å². The van der Waals surface area contributed by atoms with Gasteiger partial charge in [-0.05, 0) is 54.7 Å². The van der Waals surface area contributed by atoms with E-state index in [9.17, 15) is 5.11 Å². The quantitative estimate of drug-likeness (QED) is 0.812. The Hall–Kier alpha value is -1.22. The first-order valence-electron chi connectivity index (χ1n) is 6.80. The SMILES string of the molecule is COc1ccc(CNCC2(C3CC3)CC2)cc1O. The summed E-state index contributed by atoms with van der Waals surface area (Å²) in [7, 11) is 1.57. The third kappa shape index (κ3) is 2.32. The van der Waals surface area contributed by atoms with Crippen molar-refractivity contribution in [3.05, 3.63) is 23.8 Å². The highest BCUT2D eigenvalue weighted by Gasteiger charge is 2.53. The number of hydrogen-bond acceptors (Lipinski definition) is 3. The van der Waals surface area contributed by atoms with Crippen molar-refractivity contribution in [1.29, 1.82) is 0 Å². The van der Waals surface area contributed by atoms with Crippen LogP contribution in [-0.4, -0.2) is 18.8 Å². The number of rotatable bonds is 6. The van der Waals surface area contributed by atoms with Gasteiger partial charge in [0, 0.05) is 13.1 Å². The number of methoxy groups -OCH3 is 1. The van der Waals surface area contributed by atoms with Crippen LogP contribution < -0.4 is 10.1 Å². The lowest BCUT2D eigenvalue weighted by atomic mass is 10.0. The smallest absolute Gasteiger partial charge is 0.160 e. The average molecular weight is 247 g/mol. The van der Waals surface area contributed by atoms with E-state index >= 15 is 0 Å². The summed E-state index contributed by atoms with van der Waals surface area (Å²) in [5, 5.41) is 13.2. The van der Waals surface area contributed by atoms with Gasteiger partial charge in [-0.25, -0.2) is 0 Å². The summed E-state index contributed by atoms with van der Waals surface area (Å²) < 4.78 is 5.04. The van der Waals surface area contributed by atoms with Crippen LogP contribution >= 0.6 is 0 Å². The molecule has 0 unspecified atom stereocenters. The van der Waals surface area contributed by atoms with E-state index in [4.69, 9.17) is 4.74 Å². The molecule has 2 aliphatic rings. The molecule has 0 atom stereocenters. The van der Waals surface area contributed by atoms with Gasteiger partial charge in [0.05, 0.1) is 7.11 Å². The molecule has 1 aromatic carbocycles. The number of phenols is 1. The van der Waals surface area contributed by atoms with Crippen LogP contribution in [0, 0.1) is 11.3 Å². The lowest BCUT2D eigenvalue weighted by Crippen LogP contribution is -2.24. The van der Waals surface area contributed by atoms with Crippen LogP contribution in [0.5, 0.6) is 11.5 Å². The molecule has 2 aliphatic carbocycles. The highest BCUT2D eigenvalue weighted by atomic mass is 16.5. The zero-order chi connectivity index (χ0) is 12.6. The summed E-state index contributed by atoms with van der Waals surface area (Å²) in [6, 6.07) is 5.60. The van der Waals surface area contributed by atoms with Crippen molar-refractivity contribution in [2.75, 3.05) is 13.7 Å². The predicted octanol–water partition coefficient (Wildman–Crippen LogP) is 2.68. The molecule has 1 aromatic rings. The van der Waals surface area contributed by atoms with Crippen molar-refractivity contribution >= 4 is 0 Å². The Balaban J connectivity index is 1.52. The molecule has 2 N–H and O–H groups in total. The van der Waals surface area contributed by atoms with Crippen molar-refractivity contribution in [2.24, 2.45) is 11.3 Å². The lowest BCUT2D eigenvalue weighted by molar-refractivity contribution is 0.372. The molecule has 3 rings (SSSR count). The molecule has 2 saturated carbocycles. The number of aromatic hydroxyl groups is 1. The van der Waals surface area contributed by atoms with Crippen LogP contribution in [0.15, 0.2) is 18.2 Å². The Labute approximate surface area is 108 Å². The molecule has 2 fully saturated rings. The van der Waals surface area contributed by atoms with Crippen LogP contribution in [0.3, 0.4) is 0 Å². The van der Waals surface area contributed by atoms with Crippen LogP contribution in [0.25, 0.3) is 0 Å². The van der Waals surface area contributed by atoms with Gasteiger partial charge in [-0.2, -0.15) is 0 Å². The standard InChI is InChI=1S/C15H21NO2/c1-18-14-5-2-11(8-13(14)17)9-16-10-15(6-7-15)12-3-4-12/h2,5,8,12,16-17H,3-4,6-7,9-10H2,1H3. The molecule has 0 saturated heterocycles. The largest absolute Gasteiger partial charge is 0.504 e. The molecule has 18 heavy (non-hydrogen) atoms. The highest BCUT2D eigenvalue weighted by molar-refractivity contribution is 5.41. The van der Waals surface area contributed by atoms with Gasteiger partial charge in [-0.15, -0.1) is 0 Å². The van der Waals surface area contributed by atoms with Crippen molar-refractivity contribution in [1.82, 2.24) is 5.32 Å². The minimum atomic E-state index is 0.222. The Kier molecular flexibility index (Phi) is 2.94. The molecule has 0 aliphatic heterocycles. The lowest BCUT2D eigenvalue weighted by Gasteiger charge is -2.15. The predicted molar refractivity (Wildman–Crippen MR) is 70.8 cm³/mol. The van der Waals surface area contributed by atoms with Gasteiger partial charge in [0.2, 0.25) is 0 Å². The molecular formula is C15H21NO2. The van der Waals surface area contributed by atoms with E-state index in [-0.39, 0.29) is 5.75 Å². The second-order valence-corrected chi connectivity index (χ2v) is 5.75. The number of ether oxygens (including phenoxy) is 1. The molecule has 0 aromatic heterocycles. The van der Waals surface area contributed by atoms with E-state index in [0.717, 1.165) is 24.6 Å². The maximum absolute atomic E-state index is 9.71. The molecule has 3 nitrogen and oxygen atoms in total. The van der Waals surface area contributed by atoms with Gasteiger partial charge in [0.1, 0.15) is 0 Å². The van der Waals surface area contributed by atoms with Crippen LogP contribution in [0.2, 0.25) is 0 Å². The molecular weight excluding hydrogens is 226 g/mol. The molecule has 98 valence electrons. The summed E-state index contributed by atoms with van der Waals surface area (Å²) >= 11 is 0. The topological polar surface area (TPSA) is 41.5 Å². The van der Waals surface area contributed by atoms with E-state index in [0.29, 0.717) is 11.2 Å². The first-order chi connectivity index (χ1) is 8.73. The monoisotopic (exact) mass is 247 g/mol. The Morgan fingerprint density at radius 2 is 2.17 bits per heavy atom. The first-order valence-corrected chi connectivity index (χ1v) is 6.80. The van der Waals surface area contributed by atoms with E-state index in [1.165, 1.54) is 25.7 Å². The molecule has 0 spiro atoms. The molecule has 3 heteroatoms. The minimum absolute atomic E-state index is 0.222. The molecule has 0 heterocycles. The van der Waals surface area contributed by atoms with Crippen LogP contribution in [0.4, 0.5) is 0 Å². The molecule has 0 radical (unpaired) electrons. The van der Waals surface area contributed by atoms with Gasteiger partial charge >= 0.3 is 0 Å². The fourth-order valence-corrected chi connectivity index (χ4v) is 2.89. The first kappa shape index (κ1) is 11.8. The summed E-state index contributed by atoms with van der Waals surface area (Å²) in [5.41, 5.74) is 1.74. The van der Waals surface area contributed by atoms with Gasteiger partial charge < -0.3 is 15.2 Å². The van der Waals surface area contributed by atoms with E-state index in [2.05, 4.69) is 5.32 Å². The number of hydrogen-bond donors (Lipinski definition) is 2. The highest BCUT2D eigenvalue weighted by Crippen LogP contribution is 2.60. The van der Waals surface area contributed by atoms with E-state index < -0.39 is 0 Å². The second kappa shape index (κ2) is 4.47.